The molecule has 0 spiro atoms. The number of nitrogens with zero attached hydrogens (tertiary/aromatic N) is 2. The molecule has 1 N–H and O–H groups in total. The van der Waals surface area contributed by atoms with Gasteiger partial charge >= 0.3 is 0 Å². The highest BCUT2D eigenvalue weighted by molar-refractivity contribution is 7.80. The Hall–Kier alpha value is -2.80. The monoisotopic (exact) mass is 397 g/mol. The van der Waals surface area contributed by atoms with Gasteiger partial charge in [-0.25, -0.2) is 0 Å². The Kier molecular flexibility index (Phi) is 4.42. The highest BCUT2D eigenvalue weighted by atomic mass is 32.1. The molecular weight excluding hydrogens is 374 g/mol. The number of hydrogen-bond acceptors (Lipinski definition) is 4. The van der Waals surface area contributed by atoms with Crippen molar-refractivity contribution in [3.8, 4) is 11.5 Å². The molecule has 2 aromatic carbocycles. The Morgan fingerprint density at radius 2 is 1.89 bits per heavy atom. The predicted octanol–water partition coefficient (Wildman–Crippen LogP) is 2.94. The molecule has 0 radical (unpaired) electrons. The van der Waals surface area contributed by atoms with Crippen molar-refractivity contribution in [3.63, 3.8) is 0 Å². The van der Waals surface area contributed by atoms with Crippen molar-refractivity contribution in [2.45, 2.75) is 18.7 Å². The van der Waals surface area contributed by atoms with E-state index in [1.54, 1.807) is 26.1 Å². The number of carbonyl (C=O) groups excluding carboxylic acids is 1. The lowest BCUT2D eigenvalue weighted by molar-refractivity contribution is -0.144. The van der Waals surface area contributed by atoms with Gasteiger partial charge in [0.05, 0.1) is 18.8 Å². The first kappa shape index (κ1) is 18.6. The number of rotatable bonds is 3. The largest absolute Gasteiger partial charge is 0.495 e. The molecule has 2 heterocycles. The van der Waals surface area contributed by atoms with Gasteiger partial charge in [-0.2, -0.15) is 0 Å². The van der Waals surface area contributed by atoms with Crippen LogP contribution in [-0.4, -0.2) is 42.8 Å². The summed E-state index contributed by atoms with van der Waals surface area (Å²) < 4.78 is 12.1. The normalized spacial score (nSPS) is 25.3. The van der Waals surface area contributed by atoms with Gasteiger partial charge in [-0.1, -0.05) is 30.3 Å². The fraction of sp³-hybridized carbons (Fsp3) is 0.333. The molecule has 7 heteroatoms. The molecule has 0 aliphatic carbocycles. The molecule has 1 amide bonds. The molecule has 2 aliphatic heterocycles. The van der Waals surface area contributed by atoms with Crippen molar-refractivity contribution in [3.05, 3.63) is 54.1 Å². The Labute approximate surface area is 170 Å². The molecule has 0 unspecified atom stereocenters. The van der Waals surface area contributed by atoms with Crippen LogP contribution in [0.3, 0.4) is 0 Å². The number of hydrogen-bond donors (Lipinski definition) is 1. The zero-order valence-electron chi connectivity index (χ0n) is 16.3. The van der Waals surface area contributed by atoms with Crippen LogP contribution in [0.25, 0.3) is 0 Å². The molecule has 146 valence electrons. The van der Waals surface area contributed by atoms with Crippen molar-refractivity contribution in [2.75, 3.05) is 26.1 Å². The first-order chi connectivity index (χ1) is 13.4. The molecule has 2 aromatic rings. The maximum Gasteiger partial charge on any atom is 0.233 e. The summed E-state index contributed by atoms with van der Waals surface area (Å²) in [4.78, 5) is 16.7. The first-order valence-corrected chi connectivity index (χ1v) is 9.52. The molecular formula is C21H23N3O3S. The summed E-state index contributed by atoms with van der Waals surface area (Å²) in [6.07, 6.45) is 0. The van der Waals surface area contributed by atoms with Gasteiger partial charge in [-0.15, -0.1) is 0 Å². The van der Waals surface area contributed by atoms with Crippen LogP contribution in [0, 0.1) is 5.92 Å². The average molecular weight is 398 g/mol. The summed E-state index contributed by atoms with van der Waals surface area (Å²) in [5, 5.41) is 3.88. The Morgan fingerprint density at radius 1 is 1.21 bits per heavy atom. The van der Waals surface area contributed by atoms with Crippen LogP contribution >= 0.6 is 12.2 Å². The van der Waals surface area contributed by atoms with E-state index in [0.29, 0.717) is 10.9 Å². The number of para-hydroxylation sites is 3. The van der Waals surface area contributed by atoms with E-state index in [9.17, 15) is 4.79 Å². The zero-order chi connectivity index (χ0) is 20.1. The number of methoxy groups -OCH3 is 1. The van der Waals surface area contributed by atoms with Gasteiger partial charge in [0.1, 0.15) is 17.4 Å². The second kappa shape index (κ2) is 6.67. The number of benzene rings is 2. The van der Waals surface area contributed by atoms with Crippen molar-refractivity contribution < 1.29 is 14.3 Å². The fourth-order valence-electron chi connectivity index (χ4n) is 4.16. The fourth-order valence-corrected chi connectivity index (χ4v) is 4.57. The maximum atomic E-state index is 13.3. The number of thiocarbonyl (C=S) groups is 1. The van der Waals surface area contributed by atoms with Crippen molar-refractivity contribution in [2.24, 2.45) is 5.92 Å². The van der Waals surface area contributed by atoms with Crippen LogP contribution in [0.15, 0.2) is 48.5 Å². The number of fused-ring (bicyclic) bond motifs is 4. The van der Waals surface area contributed by atoms with E-state index in [1.165, 1.54) is 0 Å². The number of amides is 1. The van der Waals surface area contributed by atoms with Crippen molar-refractivity contribution >= 4 is 28.9 Å². The van der Waals surface area contributed by atoms with E-state index >= 15 is 0 Å². The third-order valence-corrected chi connectivity index (χ3v) is 5.74. The molecule has 3 atom stereocenters. The first-order valence-electron chi connectivity index (χ1n) is 9.11. The van der Waals surface area contributed by atoms with E-state index in [1.807, 2.05) is 60.4 Å². The van der Waals surface area contributed by atoms with Crippen LogP contribution < -0.4 is 19.7 Å². The minimum atomic E-state index is -1.02. The second-order valence-corrected chi connectivity index (χ2v) is 7.73. The predicted molar refractivity (Wildman–Crippen MR) is 112 cm³/mol. The minimum absolute atomic E-state index is 0.0306. The van der Waals surface area contributed by atoms with Crippen molar-refractivity contribution in [1.82, 2.24) is 10.2 Å². The van der Waals surface area contributed by atoms with E-state index in [-0.39, 0.29) is 11.9 Å². The molecule has 0 saturated carbocycles. The molecule has 4 rings (SSSR count). The summed E-state index contributed by atoms with van der Waals surface area (Å²) in [6, 6.07) is 15.1. The zero-order valence-corrected chi connectivity index (χ0v) is 17.1. The van der Waals surface area contributed by atoms with E-state index < -0.39 is 11.6 Å². The summed E-state index contributed by atoms with van der Waals surface area (Å²) in [7, 11) is 5.13. The molecule has 0 aromatic heterocycles. The third kappa shape index (κ3) is 2.61. The van der Waals surface area contributed by atoms with Gasteiger partial charge in [-0.05, 0) is 37.3 Å². The van der Waals surface area contributed by atoms with Gasteiger partial charge in [0.2, 0.25) is 5.91 Å². The second-order valence-electron chi connectivity index (χ2n) is 7.34. The standard InChI is InChI=1S/C21H23N3O3S/c1-21-17(19(25)23(2)3)18(13-9-5-7-11-15(13)27-21)22-20(28)24(21)14-10-6-8-12-16(14)26-4/h5-12,17-18H,1-4H3,(H,22,28)/t17-,18+,21+/m1/s1. The van der Waals surface area contributed by atoms with Crippen LogP contribution in [-0.2, 0) is 4.79 Å². The summed E-state index contributed by atoms with van der Waals surface area (Å²) >= 11 is 5.73. The maximum absolute atomic E-state index is 13.3. The number of ether oxygens (including phenoxy) is 2. The minimum Gasteiger partial charge on any atom is -0.495 e. The Balaban J connectivity index is 1.94. The average Bonchev–Trinajstić information content (AvgIpc) is 2.67. The summed E-state index contributed by atoms with van der Waals surface area (Å²) in [6.45, 7) is 1.92. The molecule has 28 heavy (non-hydrogen) atoms. The Bertz CT molecular complexity index is 948. The topological polar surface area (TPSA) is 54.0 Å². The highest BCUT2D eigenvalue weighted by Gasteiger charge is 2.59. The lowest BCUT2D eigenvalue weighted by Gasteiger charge is -2.56. The van der Waals surface area contributed by atoms with Crippen LogP contribution in [0.2, 0.25) is 0 Å². The summed E-state index contributed by atoms with van der Waals surface area (Å²) in [5.74, 6) is 0.864. The number of nitrogens with one attached hydrogen (secondary N) is 1. The van der Waals surface area contributed by atoms with Gasteiger partial charge < -0.3 is 19.7 Å². The van der Waals surface area contributed by atoms with Crippen LogP contribution in [0.4, 0.5) is 5.69 Å². The number of carbonyl (C=O) groups is 1. The van der Waals surface area contributed by atoms with Crippen molar-refractivity contribution in [1.29, 1.82) is 0 Å². The quantitative estimate of drug-likeness (QED) is 0.804. The van der Waals surface area contributed by atoms with E-state index in [4.69, 9.17) is 21.7 Å². The van der Waals surface area contributed by atoms with Gasteiger partial charge in [0.15, 0.2) is 10.8 Å². The van der Waals surface area contributed by atoms with Crippen LogP contribution in [0.5, 0.6) is 11.5 Å². The lowest BCUT2D eigenvalue weighted by Crippen LogP contribution is -2.72. The van der Waals surface area contributed by atoms with Gasteiger partial charge in [0, 0.05) is 19.7 Å². The molecule has 2 aliphatic rings. The van der Waals surface area contributed by atoms with E-state index in [2.05, 4.69) is 5.32 Å². The smallest absolute Gasteiger partial charge is 0.233 e. The van der Waals surface area contributed by atoms with Gasteiger partial charge in [0.25, 0.3) is 0 Å². The molecule has 2 bridgehead atoms. The lowest BCUT2D eigenvalue weighted by atomic mass is 9.78. The molecule has 6 nitrogen and oxygen atoms in total. The summed E-state index contributed by atoms with van der Waals surface area (Å²) in [5.41, 5.74) is 0.665. The highest BCUT2D eigenvalue weighted by Crippen LogP contribution is 2.50. The Morgan fingerprint density at radius 3 is 2.61 bits per heavy atom. The van der Waals surface area contributed by atoms with Gasteiger partial charge in [-0.3, -0.25) is 9.69 Å². The SMILES string of the molecule is COc1ccccc1N1C(=S)N[C@H]2c3ccccc3O[C@@]1(C)[C@H]2C(=O)N(C)C. The number of anilines is 1. The third-order valence-electron chi connectivity index (χ3n) is 5.44. The molecule has 1 saturated heterocycles. The van der Waals surface area contributed by atoms with Crippen LogP contribution in [0.1, 0.15) is 18.5 Å². The molecule has 1 fully saturated rings. The van der Waals surface area contributed by atoms with E-state index in [0.717, 1.165) is 17.0 Å².